The summed E-state index contributed by atoms with van der Waals surface area (Å²) in [5.41, 5.74) is 0.852. The summed E-state index contributed by atoms with van der Waals surface area (Å²) in [5, 5.41) is 2.63. The molecule has 24 heavy (non-hydrogen) atoms. The van der Waals surface area contributed by atoms with Crippen LogP contribution < -0.4 is 14.8 Å². The van der Waals surface area contributed by atoms with E-state index in [0.717, 1.165) is 4.47 Å². The van der Waals surface area contributed by atoms with Crippen molar-refractivity contribution in [1.29, 1.82) is 0 Å². The van der Waals surface area contributed by atoms with Crippen molar-refractivity contribution in [3.05, 3.63) is 52.5 Å². The maximum absolute atomic E-state index is 12.1. The molecule has 0 atom stereocenters. The van der Waals surface area contributed by atoms with E-state index in [4.69, 9.17) is 14.2 Å². The normalized spacial score (nSPS) is 9.96. The second-order valence-electron chi connectivity index (χ2n) is 4.73. The Balaban J connectivity index is 1.94. The number of rotatable bonds is 6. The van der Waals surface area contributed by atoms with Crippen molar-refractivity contribution >= 4 is 33.5 Å². The lowest BCUT2D eigenvalue weighted by Gasteiger charge is -2.09. The van der Waals surface area contributed by atoms with E-state index in [1.807, 2.05) is 0 Å². The van der Waals surface area contributed by atoms with Gasteiger partial charge < -0.3 is 19.5 Å². The Morgan fingerprint density at radius 1 is 1.00 bits per heavy atom. The number of amides is 1. The van der Waals surface area contributed by atoms with Gasteiger partial charge in [0.05, 0.1) is 19.8 Å². The van der Waals surface area contributed by atoms with E-state index in [1.165, 1.54) is 26.4 Å². The number of halogens is 1. The zero-order valence-electron chi connectivity index (χ0n) is 13.2. The van der Waals surface area contributed by atoms with Crippen molar-refractivity contribution in [1.82, 2.24) is 0 Å². The lowest BCUT2D eigenvalue weighted by Crippen LogP contribution is -2.20. The molecular formula is C17H16BrNO5. The van der Waals surface area contributed by atoms with Crippen molar-refractivity contribution in [3.8, 4) is 11.5 Å². The standard InChI is InChI=1S/C17H16BrNO5/c1-22-14-7-11(8-15(9-14)23-2)17(21)24-10-16(20)19-13-5-3-12(18)4-6-13/h3-9H,10H2,1-2H3,(H,19,20). The topological polar surface area (TPSA) is 73.9 Å². The molecule has 126 valence electrons. The highest BCUT2D eigenvalue weighted by atomic mass is 79.9. The summed E-state index contributed by atoms with van der Waals surface area (Å²) in [7, 11) is 2.96. The Morgan fingerprint density at radius 2 is 1.58 bits per heavy atom. The number of hydrogen-bond donors (Lipinski definition) is 1. The lowest BCUT2D eigenvalue weighted by atomic mass is 10.2. The third-order valence-electron chi connectivity index (χ3n) is 3.05. The van der Waals surface area contributed by atoms with Crippen molar-refractivity contribution < 1.29 is 23.8 Å². The molecule has 0 aliphatic rings. The molecule has 2 aromatic rings. The third-order valence-corrected chi connectivity index (χ3v) is 3.58. The Hall–Kier alpha value is -2.54. The first-order chi connectivity index (χ1) is 11.5. The van der Waals surface area contributed by atoms with Crippen molar-refractivity contribution in [2.75, 3.05) is 26.1 Å². The Morgan fingerprint density at radius 3 is 2.12 bits per heavy atom. The summed E-state index contributed by atoms with van der Waals surface area (Å²) in [4.78, 5) is 23.9. The highest BCUT2D eigenvalue weighted by molar-refractivity contribution is 9.10. The average molecular weight is 394 g/mol. The number of ether oxygens (including phenoxy) is 3. The molecule has 7 heteroatoms. The van der Waals surface area contributed by atoms with Gasteiger partial charge in [0.25, 0.3) is 5.91 Å². The van der Waals surface area contributed by atoms with Gasteiger partial charge in [-0.05, 0) is 36.4 Å². The van der Waals surface area contributed by atoms with Gasteiger partial charge >= 0.3 is 5.97 Å². The van der Waals surface area contributed by atoms with Gasteiger partial charge in [0.15, 0.2) is 6.61 Å². The van der Waals surface area contributed by atoms with Gasteiger partial charge in [-0.1, -0.05) is 15.9 Å². The van der Waals surface area contributed by atoms with Crippen LogP contribution in [0.1, 0.15) is 10.4 Å². The number of methoxy groups -OCH3 is 2. The van der Waals surface area contributed by atoms with Crippen molar-refractivity contribution in [2.45, 2.75) is 0 Å². The van der Waals surface area contributed by atoms with E-state index in [2.05, 4.69) is 21.2 Å². The van der Waals surface area contributed by atoms with Crippen LogP contribution in [0.2, 0.25) is 0 Å². The van der Waals surface area contributed by atoms with Crippen LogP contribution in [0.4, 0.5) is 5.69 Å². The molecule has 2 rings (SSSR count). The molecule has 0 saturated heterocycles. The van der Waals surface area contributed by atoms with Gasteiger partial charge in [-0.3, -0.25) is 4.79 Å². The molecule has 1 N–H and O–H groups in total. The van der Waals surface area contributed by atoms with Gasteiger partial charge in [0.1, 0.15) is 11.5 Å². The summed E-state index contributed by atoms with van der Waals surface area (Å²) < 4.78 is 16.1. The van der Waals surface area contributed by atoms with E-state index in [-0.39, 0.29) is 5.56 Å². The van der Waals surface area contributed by atoms with E-state index in [0.29, 0.717) is 17.2 Å². The van der Waals surface area contributed by atoms with Gasteiger partial charge in [0.2, 0.25) is 0 Å². The van der Waals surface area contributed by atoms with E-state index in [9.17, 15) is 9.59 Å². The molecule has 0 aromatic heterocycles. The van der Waals surface area contributed by atoms with Crippen LogP contribution in [0.5, 0.6) is 11.5 Å². The maximum Gasteiger partial charge on any atom is 0.338 e. The molecule has 6 nitrogen and oxygen atoms in total. The highest BCUT2D eigenvalue weighted by Crippen LogP contribution is 2.23. The van der Waals surface area contributed by atoms with Crippen molar-refractivity contribution in [2.24, 2.45) is 0 Å². The zero-order valence-corrected chi connectivity index (χ0v) is 14.8. The van der Waals surface area contributed by atoms with Gasteiger partial charge in [-0.15, -0.1) is 0 Å². The Kier molecular flexibility index (Phi) is 6.20. The molecule has 0 aliphatic carbocycles. The van der Waals surface area contributed by atoms with Crippen molar-refractivity contribution in [3.63, 3.8) is 0 Å². The first-order valence-electron chi connectivity index (χ1n) is 6.97. The van der Waals surface area contributed by atoms with E-state index >= 15 is 0 Å². The van der Waals surface area contributed by atoms with Crippen LogP contribution in [-0.2, 0) is 9.53 Å². The second-order valence-corrected chi connectivity index (χ2v) is 5.65. The predicted octanol–water partition coefficient (Wildman–Crippen LogP) is 3.26. The second kappa shape index (κ2) is 8.35. The molecule has 0 fully saturated rings. The minimum Gasteiger partial charge on any atom is -0.497 e. The molecule has 0 radical (unpaired) electrons. The third kappa shape index (κ3) is 4.99. The predicted molar refractivity (Wildman–Crippen MR) is 92.6 cm³/mol. The van der Waals surface area contributed by atoms with Crippen LogP contribution in [-0.4, -0.2) is 32.7 Å². The maximum atomic E-state index is 12.1. The first kappa shape index (κ1) is 17.8. The molecule has 0 bridgehead atoms. The van der Waals surface area contributed by atoms with E-state index < -0.39 is 18.5 Å². The largest absolute Gasteiger partial charge is 0.497 e. The minimum atomic E-state index is -0.641. The molecule has 0 unspecified atom stereocenters. The van der Waals surface area contributed by atoms with Gasteiger partial charge in [-0.25, -0.2) is 4.79 Å². The quantitative estimate of drug-likeness (QED) is 0.762. The molecule has 1 amide bonds. The number of benzene rings is 2. The number of carbonyl (C=O) groups excluding carboxylic acids is 2. The summed E-state index contributed by atoms with van der Waals surface area (Å²) >= 11 is 3.31. The monoisotopic (exact) mass is 393 g/mol. The lowest BCUT2D eigenvalue weighted by molar-refractivity contribution is -0.119. The number of anilines is 1. The average Bonchev–Trinajstić information content (AvgIpc) is 2.61. The summed E-state index contributed by atoms with van der Waals surface area (Å²) in [5.74, 6) is -0.153. The molecule has 0 spiro atoms. The van der Waals surface area contributed by atoms with Gasteiger partial charge in [0, 0.05) is 16.2 Å². The fourth-order valence-electron chi connectivity index (χ4n) is 1.87. The fourth-order valence-corrected chi connectivity index (χ4v) is 2.13. The SMILES string of the molecule is COc1cc(OC)cc(C(=O)OCC(=O)Nc2ccc(Br)cc2)c1. The minimum absolute atomic E-state index is 0.239. The smallest absolute Gasteiger partial charge is 0.338 e. The number of esters is 1. The van der Waals surface area contributed by atoms with Gasteiger partial charge in [-0.2, -0.15) is 0 Å². The molecule has 2 aromatic carbocycles. The van der Waals surface area contributed by atoms with Crippen LogP contribution in [0.3, 0.4) is 0 Å². The number of hydrogen-bond acceptors (Lipinski definition) is 5. The Bertz CT molecular complexity index is 708. The molecular weight excluding hydrogens is 378 g/mol. The van der Waals surface area contributed by atoms with Crippen LogP contribution in [0.25, 0.3) is 0 Å². The summed E-state index contributed by atoms with van der Waals surface area (Å²) in [6.07, 6.45) is 0. The number of carbonyl (C=O) groups is 2. The molecule has 0 heterocycles. The van der Waals surface area contributed by atoms with Crippen LogP contribution in [0, 0.1) is 0 Å². The van der Waals surface area contributed by atoms with Crippen LogP contribution >= 0.6 is 15.9 Å². The highest BCUT2D eigenvalue weighted by Gasteiger charge is 2.13. The zero-order chi connectivity index (χ0) is 17.5. The molecule has 0 saturated carbocycles. The Labute approximate surface area is 147 Å². The first-order valence-corrected chi connectivity index (χ1v) is 7.76. The summed E-state index contributed by atoms with van der Waals surface area (Å²) in [6.45, 7) is -0.394. The fraction of sp³-hybridized carbons (Fsp3) is 0.176. The summed E-state index contributed by atoms with van der Waals surface area (Å²) in [6, 6.07) is 11.7. The van der Waals surface area contributed by atoms with Crippen LogP contribution in [0.15, 0.2) is 46.9 Å². The van der Waals surface area contributed by atoms with E-state index in [1.54, 1.807) is 30.3 Å². The molecule has 0 aliphatic heterocycles. The number of nitrogens with one attached hydrogen (secondary N) is 1.